The van der Waals surface area contributed by atoms with Gasteiger partial charge < -0.3 is 47.2 Å². The summed E-state index contributed by atoms with van der Waals surface area (Å²) in [5, 5.41) is 0. The summed E-state index contributed by atoms with van der Waals surface area (Å²) in [6.45, 7) is -0.622. The fourth-order valence-electron chi connectivity index (χ4n) is 8.35. The Morgan fingerprint density at radius 3 is 0.963 bits per heavy atom. The first kappa shape index (κ1) is 74.2. The summed E-state index contributed by atoms with van der Waals surface area (Å²) in [6.07, 6.45) is 20.4. The van der Waals surface area contributed by atoms with Crippen LogP contribution in [-0.2, 0) is 78.2 Å². The van der Waals surface area contributed by atoms with Gasteiger partial charge in [-0.2, -0.15) is 0 Å². The number of ether oxygens (including phenoxy) is 6. The molecule has 2 rings (SSSR count). The average Bonchev–Trinajstić information content (AvgIpc) is 3.42. The zero-order valence-corrected chi connectivity index (χ0v) is 52.8. The largest absolute Gasteiger partial charge is 0.497 e. The minimum absolute atomic E-state index is 0.0115. The second-order valence-corrected chi connectivity index (χ2v) is 26.0. The van der Waals surface area contributed by atoms with E-state index in [1.165, 1.54) is 51.4 Å². The average molecular weight is 1200 g/mol. The van der Waals surface area contributed by atoms with Crippen molar-refractivity contribution in [1.29, 1.82) is 0 Å². The topological polar surface area (TPSA) is 235 Å². The molecule has 0 saturated heterocycles. The summed E-state index contributed by atoms with van der Waals surface area (Å²) >= 11 is 0. The second kappa shape index (κ2) is 42.8. The van der Waals surface area contributed by atoms with Gasteiger partial charge in [-0.1, -0.05) is 127 Å². The van der Waals surface area contributed by atoms with Gasteiger partial charge in [-0.15, -0.1) is 0 Å². The van der Waals surface area contributed by atoms with Crippen LogP contribution in [0.1, 0.15) is 165 Å². The van der Waals surface area contributed by atoms with E-state index in [4.69, 9.17) is 46.5 Å². The van der Waals surface area contributed by atoms with E-state index in [0.717, 1.165) is 74.0 Å². The summed E-state index contributed by atoms with van der Waals surface area (Å²) in [6, 6.07) is 15.1. The first-order chi connectivity index (χ1) is 39.0. The number of esters is 4. The molecule has 4 atom stereocenters. The maximum Gasteiger partial charge on any atom is 0.472 e. The Morgan fingerprint density at radius 1 is 0.402 bits per heavy atom. The van der Waals surface area contributed by atoms with E-state index in [1.54, 1.807) is 14.2 Å². The van der Waals surface area contributed by atoms with Crippen molar-refractivity contribution in [2.45, 2.75) is 179 Å². The normalized spacial score (nSPS) is 14.0. The molecule has 0 saturated carbocycles. The Balaban J connectivity index is 1.53. The summed E-state index contributed by atoms with van der Waals surface area (Å²) in [5.74, 6) is -0.434. The first-order valence-corrected chi connectivity index (χ1v) is 32.8. The predicted molar refractivity (Wildman–Crippen MR) is 315 cm³/mol. The van der Waals surface area contributed by atoms with Gasteiger partial charge in [-0.05, 0) is 73.9 Å². The van der Waals surface area contributed by atoms with Crippen LogP contribution in [0.5, 0.6) is 11.5 Å². The lowest BCUT2D eigenvalue weighted by Crippen LogP contribution is -2.37. The number of carbonyl (C=O) groups excluding carboxylic acids is 4. The molecule has 0 spiro atoms. The Kier molecular flexibility index (Phi) is 38.7. The quantitative estimate of drug-likeness (QED) is 0.0206. The van der Waals surface area contributed by atoms with Gasteiger partial charge in [-0.3, -0.25) is 37.3 Å². The second-order valence-electron chi connectivity index (χ2n) is 23.1. The summed E-state index contributed by atoms with van der Waals surface area (Å²) < 4.78 is 79.0. The minimum Gasteiger partial charge on any atom is -0.497 e. The van der Waals surface area contributed by atoms with Crippen LogP contribution >= 0.6 is 15.6 Å². The van der Waals surface area contributed by atoms with Crippen molar-refractivity contribution in [2.24, 2.45) is 0 Å². The highest BCUT2D eigenvalue weighted by molar-refractivity contribution is 7.47. The monoisotopic (exact) mass is 1200 g/mol. The molecule has 2 aromatic carbocycles. The highest BCUT2D eigenvalue weighted by Gasteiger charge is 2.29. The van der Waals surface area contributed by atoms with Crippen LogP contribution in [0.4, 0.5) is 0 Å². The number of methoxy groups -OCH3 is 2. The van der Waals surface area contributed by atoms with E-state index < -0.39 is 64.9 Å². The summed E-state index contributed by atoms with van der Waals surface area (Å²) in [4.78, 5) is 71.2. The molecule has 0 fully saturated rings. The van der Waals surface area contributed by atoms with Crippen LogP contribution in [0.3, 0.4) is 0 Å². The molecule has 470 valence electrons. The van der Waals surface area contributed by atoms with Crippen molar-refractivity contribution in [3.8, 4) is 11.5 Å². The highest BCUT2D eigenvalue weighted by atomic mass is 31.2. The van der Waals surface area contributed by atoms with E-state index in [1.807, 2.05) is 90.8 Å². The smallest absolute Gasteiger partial charge is 0.472 e. The predicted octanol–water partition coefficient (Wildman–Crippen LogP) is 11.4. The number of phosphoric acid groups is 2. The molecule has 0 heterocycles. The Labute approximate surface area is 490 Å². The van der Waals surface area contributed by atoms with Gasteiger partial charge in [-0.25, -0.2) is 9.13 Å². The SMILES string of the molecule is COc1ccc(CCCC(=O)OC(COC(=O)CCCCCCCCCCCCCCCCCCCCC(=O)OCC(COP(=O)(O)OCC[N+](C)(C)C)OC(=O)CCCc2ccc(OC)cc2)COP(=O)(O)OCC[N+](C)(C)C)cc1. The van der Waals surface area contributed by atoms with E-state index in [9.17, 15) is 38.1 Å². The molecule has 0 aliphatic rings. The molecule has 0 aliphatic carbocycles. The molecule has 0 aliphatic heterocycles. The van der Waals surface area contributed by atoms with Gasteiger partial charge in [0.05, 0.1) is 69.7 Å². The fourth-order valence-corrected chi connectivity index (χ4v) is 9.84. The molecule has 20 nitrogen and oxygen atoms in total. The highest BCUT2D eigenvalue weighted by Crippen LogP contribution is 2.44. The molecular formula is C60H104N2O18P2+2. The Hall–Kier alpha value is -3.94. The zero-order valence-electron chi connectivity index (χ0n) is 51.0. The van der Waals surface area contributed by atoms with Crippen molar-refractivity contribution in [2.75, 3.05) is 109 Å². The molecule has 22 heteroatoms. The van der Waals surface area contributed by atoms with Crippen LogP contribution in [0.25, 0.3) is 0 Å². The van der Waals surface area contributed by atoms with Gasteiger partial charge in [0.1, 0.15) is 51.0 Å². The van der Waals surface area contributed by atoms with E-state index >= 15 is 0 Å². The number of phosphoric ester groups is 2. The first-order valence-electron chi connectivity index (χ1n) is 29.8. The molecule has 82 heavy (non-hydrogen) atoms. The minimum atomic E-state index is -4.44. The molecule has 4 unspecified atom stereocenters. The van der Waals surface area contributed by atoms with Crippen LogP contribution in [-0.4, -0.2) is 164 Å². The van der Waals surface area contributed by atoms with E-state index in [0.29, 0.717) is 60.6 Å². The number of hydrogen-bond acceptors (Lipinski definition) is 16. The lowest BCUT2D eigenvalue weighted by Gasteiger charge is -2.24. The number of quaternary nitrogens is 2. The number of nitrogens with zero attached hydrogens (tertiary/aromatic N) is 2. The number of hydrogen-bond donors (Lipinski definition) is 2. The Bertz CT molecular complexity index is 1980. The van der Waals surface area contributed by atoms with Crippen LogP contribution in [0.2, 0.25) is 0 Å². The van der Waals surface area contributed by atoms with Gasteiger partial charge in [0.25, 0.3) is 0 Å². The number of unbranched alkanes of at least 4 members (excludes halogenated alkanes) is 17. The van der Waals surface area contributed by atoms with Crippen LogP contribution < -0.4 is 9.47 Å². The molecule has 0 bridgehead atoms. The van der Waals surface area contributed by atoms with Crippen molar-refractivity contribution in [3.05, 3.63) is 59.7 Å². The van der Waals surface area contributed by atoms with Crippen molar-refractivity contribution in [3.63, 3.8) is 0 Å². The molecule has 0 aromatic heterocycles. The van der Waals surface area contributed by atoms with Crippen molar-refractivity contribution >= 4 is 39.5 Å². The number of rotatable bonds is 51. The number of likely N-dealkylation sites (N-methyl/N-ethyl adjacent to an activating group) is 2. The molecular weight excluding hydrogens is 1100 g/mol. The van der Waals surface area contributed by atoms with Gasteiger partial charge in [0.15, 0.2) is 12.2 Å². The number of aryl methyl sites for hydroxylation is 2. The number of benzene rings is 2. The third kappa shape index (κ3) is 42.0. The summed E-state index contributed by atoms with van der Waals surface area (Å²) in [5.41, 5.74) is 2.08. The van der Waals surface area contributed by atoms with Crippen LogP contribution in [0, 0.1) is 0 Å². The van der Waals surface area contributed by atoms with E-state index in [-0.39, 0.29) is 52.1 Å². The van der Waals surface area contributed by atoms with E-state index in [2.05, 4.69) is 0 Å². The van der Waals surface area contributed by atoms with Crippen molar-refractivity contribution < 1.29 is 93.6 Å². The Morgan fingerprint density at radius 2 is 0.683 bits per heavy atom. The van der Waals surface area contributed by atoms with Gasteiger partial charge in [0.2, 0.25) is 0 Å². The van der Waals surface area contributed by atoms with Gasteiger partial charge >= 0.3 is 39.5 Å². The van der Waals surface area contributed by atoms with Gasteiger partial charge in [0, 0.05) is 25.7 Å². The van der Waals surface area contributed by atoms with Crippen molar-refractivity contribution in [1.82, 2.24) is 0 Å². The molecule has 0 amide bonds. The third-order valence-corrected chi connectivity index (χ3v) is 15.3. The standard InChI is InChI=1S/C60H102N2O18P2/c1-61(2,3)43-45-75-81(67,68)77-49-55(79-59(65)33-27-29-51-35-39-53(71-7)40-36-51)47-73-57(63)31-25-23-21-19-17-15-13-11-9-10-12-14-16-18-20-22-24-26-32-58(64)74-48-56(50-78-82(69,70)76-46-44-62(4,5)6)80-60(66)34-28-30-52-37-41-54(72-8)42-38-52/h35-42,55-56H,9-34,43-50H2,1-8H3/p+2. The lowest BCUT2D eigenvalue weighted by molar-refractivity contribution is -0.870. The third-order valence-electron chi connectivity index (χ3n) is 13.4. The fraction of sp³-hybridized carbons (Fsp3) is 0.733. The maximum absolute atomic E-state index is 12.8. The summed E-state index contributed by atoms with van der Waals surface area (Å²) in [7, 11) is 5.86. The zero-order chi connectivity index (χ0) is 60.5. The molecule has 0 radical (unpaired) electrons. The molecule has 2 N–H and O–H groups in total. The number of carbonyl (C=O) groups is 4. The van der Waals surface area contributed by atoms with Crippen LogP contribution in [0.15, 0.2) is 48.5 Å². The maximum atomic E-state index is 12.8. The lowest BCUT2D eigenvalue weighted by atomic mass is 10.0. The molecule has 2 aromatic rings.